The van der Waals surface area contributed by atoms with Crippen molar-refractivity contribution in [2.75, 3.05) is 19.0 Å². The Labute approximate surface area is 67.2 Å². The molecule has 1 heterocycles. The Balaban J connectivity index is 0.000000461. The Hall–Kier alpha value is -1.06. The van der Waals surface area contributed by atoms with Crippen LogP contribution in [0.2, 0.25) is 0 Å². The van der Waals surface area contributed by atoms with Crippen molar-refractivity contribution in [3.63, 3.8) is 0 Å². The van der Waals surface area contributed by atoms with E-state index in [4.69, 9.17) is 4.52 Å². The third-order valence-electron chi connectivity index (χ3n) is 0.899. The van der Waals surface area contributed by atoms with E-state index in [1.807, 2.05) is 27.9 Å². The van der Waals surface area contributed by atoms with Gasteiger partial charge in [0.25, 0.3) is 0 Å². The highest BCUT2D eigenvalue weighted by atomic mass is 16.5. The maximum atomic E-state index is 4.79. The van der Waals surface area contributed by atoms with Crippen LogP contribution in [0.25, 0.3) is 0 Å². The first-order chi connectivity index (χ1) is 5.20. The zero-order valence-corrected chi connectivity index (χ0v) is 7.75. The molecule has 1 rings (SSSR count). The third kappa shape index (κ3) is 3.02. The van der Waals surface area contributed by atoms with Crippen molar-refractivity contribution in [3.8, 4) is 0 Å². The van der Waals surface area contributed by atoms with Crippen molar-refractivity contribution >= 4 is 6.01 Å². The summed E-state index contributed by atoms with van der Waals surface area (Å²) < 4.78 is 4.79. The van der Waals surface area contributed by atoms with Gasteiger partial charge < -0.3 is 9.42 Å². The number of anilines is 1. The Kier molecular flexibility index (Phi) is 4.26. The zero-order chi connectivity index (χ0) is 8.85. The fourth-order valence-electron chi connectivity index (χ4n) is 0.468. The predicted molar refractivity (Wildman–Crippen MR) is 44.7 cm³/mol. The van der Waals surface area contributed by atoms with Crippen LogP contribution in [-0.2, 0) is 0 Å². The smallest absolute Gasteiger partial charge is 0.323 e. The van der Waals surface area contributed by atoms with Crippen LogP contribution in [0.4, 0.5) is 6.01 Å². The Morgan fingerprint density at radius 3 is 2.00 bits per heavy atom. The molecule has 1 aromatic rings. The van der Waals surface area contributed by atoms with Crippen molar-refractivity contribution in [1.29, 1.82) is 0 Å². The standard InChI is InChI=1S/C5H9N3O.C2H6/c1-4-6-5(8(2)3)9-7-4;1-2/h1-3H3;1-2H3. The van der Waals surface area contributed by atoms with Crippen LogP contribution >= 0.6 is 0 Å². The molecule has 1 aromatic heterocycles. The first-order valence-electron chi connectivity index (χ1n) is 3.68. The molecule has 0 unspecified atom stereocenters. The van der Waals surface area contributed by atoms with Gasteiger partial charge in [-0.1, -0.05) is 19.0 Å². The lowest BCUT2D eigenvalue weighted by atomic mass is 10.7. The van der Waals surface area contributed by atoms with Gasteiger partial charge in [0.1, 0.15) is 0 Å². The highest BCUT2D eigenvalue weighted by Gasteiger charge is 2.01. The van der Waals surface area contributed by atoms with Gasteiger partial charge in [-0.25, -0.2) is 0 Å². The van der Waals surface area contributed by atoms with Gasteiger partial charge >= 0.3 is 6.01 Å². The van der Waals surface area contributed by atoms with Crippen LogP contribution in [0.15, 0.2) is 4.52 Å². The van der Waals surface area contributed by atoms with Crippen LogP contribution in [0.3, 0.4) is 0 Å². The van der Waals surface area contributed by atoms with E-state index in [9.17, 15) is 0 Å². The summed E-state index contributed by atoms with van der Waals surface area (Å²) in [6, 6.07) is 0.549. The Morgan fingerprint density at radius 2 is 1.82 bits per heavy atom. The highest BCUT2D eigenvalue weighted by Crippen LogP contribution is 2.04. The average Bonchev–Trinajstić information content (AvgIpc) is 2.40. The van der Waals surface area contributed by atoms with Crippen molar-refractivity contribution in [1.82, 2.24) is 10.1 Å². The summed E-state index contributed by atoms with van der Waals surface area (Å²) in [5.41, 5.74) is 0. The summed E-state index contributed by atoms with van der Waals surface area (Å²) in [6.45, 7) is 5.79. The fourth-order valence-corrected chi connectivity index (χ4v) is 0.468. The van der Waals surface area contributed by atoms with Crippen LogP contribution in [0, 0.1) is 6.92 Å². The van der Waals surface area contributed by atoms with Gasteiger partial charge in [-0.3, -0.25) is 0 Å². The number of aryl methyl sites for hydroxylation is 1. The second-order valence-corrected chi connectivity index (χ2v) is 2.02. The van der Waals surface area contributed by atoms with Crippen LogP contribution in [-0.4, -0.2) is 24.2 Å². The van der Waals surface area contributed by atoms with E-state index in [0.29, 0.717) is 11.8 Å². The molecule has 0 N–H and O–H groups in total. The summed E-state index contributed by atoms with van der Waals surface area (Å²) in [5.74, 6) is 0.665. The molecule has 0 spiro atoms. The largest absolute Gasteiger partial charge is 0.331 e. The lowest BCUT2D eigenvalue weighted by molar-refractivity contribution is 0.417. The molecule has 0 aliphatic heterocycles. The van der Waals surface area contributed by atoms with Crippen LogP contribution < -0.4 is 4.90 Å². The molecule has 0 radical (unpaired) electrons. The average molecular weight is 157 g/mol. The number of hydrogen-bond donors (Lipinski definition) is 0. The zero-order valence-electron chi connectivity index (χ0n) is 7.75. The van der Waals surface area contributed by atoms with Crippen molar-refractivity contribution in [2.45, 2.75) is 20.8 Å². The van der Waals surface area contributed by atoms with E-state index in [2.05, 4.69) is 10.1 Å². The van der Waals surface area contributed by atoms with Gasteiger partial charge in [0.05, 0.1) is 0 Å². The van der Waals surface area contributed by atoms with Crippen molar-refractivity contribution < 1.29 is 4.52 Å². The molecule has 11 heavy (non-hydrogen) atoms. The molecular weight excluding hydrogens is 142 g/mol. The van der Waals surface area contributed by atoms with Gasteiger partial charge in [-0.2, -0.15) is 4.98 Å². The molecule has 0 saturated heterocycles. The second kappa shape index (κ2) is 4.71. The maximum absolute atomic E-state index is 4.79. The van der Waals surface area contributed by atoms with Gasteiger partial charge in [0.15, 0.2) is 5.82 Å². The van der Waals surface area contributed by atoms with E-state index in [1.54, 1.807) is 11.8 Å². The summed E-state index contributed by atoms with van der Waals surface area (Å²) >= 11 is 0. The lowest BCUT2D eigenvalue weighted by Crippen LogP contribution is -2.08. The number of hydrogen-bond acceptors (Lipinski definition) is 4. The predicted octanol–water partition coefficient (Wildman–Crippen LogP) is 1.47. The Morgan fingerprint density at radius 1 is 1.27 bits per heavy atom. The molecule has 0 fully saturated rings. The van der Waals surface area contributed by atoms with E-state index >= 15 is 0 Å². The number of rotatable bonds is 1. The van der Waals surface area contributed by atoms with E-state index < -0.39 is 0 Å². The minimum Gasteiger partial charge on any atom is -0.331 e. The molecule has 4 heteroatoms. The van der Waals surface area contributed by atoms with Gasteiger partial charge in [0.2, 0.25) is 0 Å². The topological polar surface area (TPSA) is 42.2 Å². The quantitative estimate of drug-likeness (QED) is 0.619. The van der Waals surface area contributed by atoms with Crippen LogP contribution in [0.1, 0.15) is 19.7 Å². The molecule has 0 aromatic carbocycles. The second-order valence-electron chi connectivity index (χ2n) is 2.02. The molecule has 0 atom stereocenters. The summed E-state index contributed by atoms with van der Waals surface area (Å²) in [6.07, 6.45) is 0. The van der Waals surface area contributed by atoms with Crippen molar-refractivity contribution in [3.05, 3.63) is 5.82 Å². The number of aromatic nitrogens is 2. The molecular formula is C7H15N3O. The van der Waals surface area contributed by atoms with E-state index in [-0.39, 0.29) is 0 Å². The molecule has 64 valence electrons. The highest BCUT2D eigenvalue weighted by molar-refractivity contribution is 5.19. The normalized spacial score (nSPS) is 8.45. The third-order valence-corrected chi connectivity index (χ3v) is 0.899. The molecule has 0 bridgehead atoms. The first kappa shape index (κ1) is 9.94. The SMILES string of the molecule is CC.Cc1noc(N(C)C)n1. The van der Waals surface area contributed by atoms with Crippen LogP contribution in [0.5, 0.6) is 0 Å². The monoisotopic (exact) mass is 157 g/mol. The number of nitrogens with zero attached hydrogens (tertiary/aromatic N) is 3. The Bertz CT molecular complexity index is 195. The van der Waals surface area contributed by atoms with Crippen molar-refractivity contribution in [2.24, 2.45) is 0 Å². The van der Waals surface area contributed by atoms with E-state index in [0.717, 1.165) is 0 Å². The fraction of sp³-hybridized carbons (Fsp3) is 0.714. The lowest BCUT2D eigenvalue weighted by Gasteiger charge is -2.01. The summed E-state index contributed by atoms with van der Waals surface area (Å²) in [5, 5.41) is 3.61. The van der Waals surface area contributed by atoms with Gasteiger partial charge in [-0.05, 0) is 6.92 Å². The molecule has 4 nitrogen and oxygen atoms in total. The molecule has 0 aliphatic carbocycles. The molecule has 0 aliphatic rings. The van der Waals surface area contributed by atoms with Gasteiger partial charge in [-0.15, -0.1) is 0 Å². The minimum atomic E-state index is 0.549. The summed E-state index contributed by atoms with van der Waals surface area (Å²) in [7, 11) is 3.71. The molecule has 0 amide bonds. The minimum absolute atomic E-state index is 0.549. The van der Waals surface area contributed by atoms with E-state index in [1.165, 1.54) is 0 Å². The maximum Gasteiger partial charge on any atom is 0.323 e. The summed E-state index contributed by atoms with van der Waals surface area (Å²) in [4.78, 5) is 5.72. The van der Waals surface area contributed by atoms with Gasteiger partial charge in [0, 0.05) is 14.1 Å². The first-order valence-corrected chi connectivity index (χ1v) is 3.68. The molecule has 0 saturated carbocycles.